The molecule has 1 aliphatic carbocycles. The summed E-state index contributed by atoms with van der Waals surface area (Å²) < 4.78 is 1.79. The molecule has 7 heteroatoms. The van der Waals surface area contributed by atoms with Crippen LogP contribution in [0.25, 0.3) is 0 Å². The van der Waals surface area contributed by atoms with E-state index >= 15 is 0 Å². The van der Waals surface area contributed by atoms with Crippen molar-refractivity contribution in [3.8, 4) is 0 Å². The van der Waals surface area contributed by atoms with Crippen molar-refractivity contribution in [2.24, 2.45) is 18.2 Å². The molecule has 0 saturated heterocycles. The molecule has 1 amide bonds. The minimum atomic E-state index is -0.694. The van der Waals surface area contributed by atoms with Crippen LogP contribution in [0, 0.1) is 5.41 Å². The van der Waals surface area contributed by atoms with Gasteiger partial charge in [-0.05, 0) is 19.8 Å². The maximum atomic E-state index is 12.6. The molecule has 6 nitrogen and oxygen atoms in total. The Labute approximate surface area is 124 Å². The smallest absolute Gasteiger partial charge is 0.233 e. The second kappa shape index (κ2) is 5.87. The highest BCUT2D eigenvalue weighted by atomic mass is 32.1. The lowest BCUT2D eigenvalue weighted by Gasteiger charge is -2.35. The Balaban J connectivity index is 2.13. The van der Waals surface area contributed by atoms with E-state index in [1.165, 1.54) is 0 Å². The van der Waals surface area contributed by atoms with E-state index in [-0.39, 0.29) is 11.9 Å². The molecule has 1 atom stereocenters. The van der Waals surface area contributed by atoms with Crippen molar-refractivity contribution >= 4 is 23.1 Å². The standard InChI is InChI=1S/C13H21N5OS/c1-9(10-17-15-8-18(10)2)16-12(19)13(11(14)20)6-4-3-5-7-13/h8-9H,3-7H2,1-2H3,(H2,14,20)(H,16,19). The van der Waals surface area contributed by atoms with Gasteiger partial charge in [0.2, 0.25) is 5.91 Å². The first-order valence-corrected chi connectivity index (χ1v) is 7.33. The lowest BCUT2D eigenvalue weighted by atomic mass is 9.73. The fourth-order valence-electron chi connectivity index (χ4n) is 2.82. The molecule has 1 aliphatic rings. The molecular weight excluding hydrogens is 274 g/mol. The van der Waals surface area contributed by atoms with Gasteiger partial charge >= 0.3 is 0 Å². The summed E-state index contributed by atoms with van der Waals surface area (Å²) in [5.74, 6) is 0.632. The monoisotopic (exact) mass is 295 g/mol. The summed E-state index contributed by atoms with van der Waals surface area (Å²) in [6.45, 7) is 1.89. The number of nitrogens with two attached hydrogens (primary N) is 1. The summed E-state index contributed by atoms with van der Waals surface area (Å²) in [5.41, 5.74) is 5.17. The second-order valence-corrected chi connectivity index (χ2v) is 5.94. The van der Waals surface area contributed by atoms with Gasteiger partial charge in [-0.25, -0.2) is 0 Å². The molecular formula is C13H21N5OS. The normalized spacial score (nSPS) is 19.3. The Kier molecular flexibility index (Phi) is 4.37. The first-order valence-electron chi connectivity index (χ1n) is 6.92. The third-order valence-corrected chi connectivity index (χ3v) is 4.49. The molecule has 1 heterocycles. The number of hydrogen-bond donors (Lipinski definition) is 2. The van der Waals surface area contributed by atoms with Crippen LogP contribution < -0.4 is 11.1 Å². The van der Waals surface area contributed by atoms with Crippen LogP contribution >= 0.6 is 12.2 Å². The topological polar surface area (TPSA) is 85.8 Å². The number of aryl methyl sites for hydroxylation is 1. The lowest BCUT2D eigenvalue weighted by molar-refractivity contribution is -0.129. The maximum Gasteiger partial charge on any atom is 0.233 e. The van der Waals surface area contributed by atoms with Crippen LogP contribution in [0.3, 0.4) is 0 Å². The number of hydrogen-bond acceptors (Lipinski definition) is 4. The van der Waals surface area contributed by atoms with Crippen LogP contribution in [0.2, 0.25) is 0 Å². The van der Waals surface area contributed by atoms with Crippen LogP contribution in [-0.2, 0) is 11.8 Å². The third kappa shape index (κ3) is 2.67. The molecule has 3 N–H and O–H groups in total. The molecule has 1 unspecified atom stereocenters. The zero-order valence-corrected chi connectivity index (χ0v) is 12.7. The summed E-state index contributed by atoms with van der Waals surface area (Å²) in [7, 11) is 1.85. The third-order valence-electron chi connectivity index (χ3n) is 4.09. The van der Waals surface area contributed by atoms with Crippen LogP contribution in [0.15, 0.2) is 6.33 Å². The molecule has 1 aromatic heterocycles. The van der Waals surface area contributed by atoms with Crippen LogP contribution in [0.4, 0.5) is 0 Å². The predicted octanol–water partition coefficient (Wildman–Crippen LogP) is 1.23. The van der Waals surface area contributed by atoms with Gasteiger partial charge in [-0.3, -0.25) is 4.79 Å². The summed E-state index contributed by atoms with van der Waals surface area (Å²) in [6.07, 6.45) is 6.20. The number of aromatic nitrogens is 3. The van der Waals surface area contributed by atoms with E-state index in [0.717, 1.165) is 32.1 Å². The number of carbonyl (C=O) groups excluding carboxylic acids is 1. The maximum absolute atomic E-state index is 12.6. The van der Waals surface area contributed by atoms with Crippen molar-refractivity contribution in [3.63, 3.8) is 0 Å². The van der Waals surface area contributed by atoms with E-state index in [2.05, 4.69) is 15.5 Å². The van der Waals surface area contributed by atoms with E-state index in [1.54, 1.807) is 10.9 Å². The Morgan fingerprint density at radius 3 is 2.65 bits per heavy atom. The van der Waals surface area contributed by atoms with Crippen molar-refractivity contribution < 1.29 is 4.79 Å². The van der Waals surface area contributed by atoms with Gasteiger partial charge in [0, 0.05) is 7.05 Å². The Hall–Kier alpha value is -1.50. The van der Waals surface area contributed by atoms with Gasteiger partial charge in [0.15, 0.2) is 5.82 Å². The largest absolute Gasteiger partial charge is 0.392 e. The van der Waals surface area contributed by atoms with E-state index in [4.69, 9.17) is 18.0 Å². The van der Waals surface area contributed by atoms with Crippen LogP contribution in [0.1, 0.15) is 50.9 Å². The summed E-state index contributed by atoms with van der Waals surface area (Å²) >= 11 is 5.17. The molecule has 0 radical (unpaired) electrons. The van der Waals surface area contributed by atoms with Crippen molar-refractivity contribution in [1.82, 2.24) is 20.1 Å². The molecule has 0 aromatic carbocycles. The second-order valence-electron chi connectivity index (χ2n) is 5.50. The number of thiocarbonyl (C=S) groups is 1. The molecule has 1 fully saturated rings. The van der Waals surface area contributed by atoms with E-state index in [1.807, 2.05) is 14.0 Å². The minimum absolute atomic E-state index is 0.0831. The van der Waals surface area contributed by atoms with Gasteiger partial charge in [-0.2, -0.15) is 0 Å². The molecule has 1 aromatic rings. The highest BCUT2D eigenvalue weighted by Crippen LogP contribution is 2.37. The molecule has 2 rings (SSSR count). The highest BCUT2D eigenvalue weighted by molar-refractivity contribution is 7.80. The van der Waals surface area contributed by atoms with Crippen molar-refractivity contribution in [1.29, 1.82) is 0 Å². The van der Waals surface area contributed by atoms with Gasteiger partial charge in [-0.1, -0.05) is 31.5 Å². The van der Waals surface area contributed by atoms with Crippen LogP contribution in [0.5, 0.6) is 0 Å². The van der Waals surface area contributed by atoms with Crippen molar-refractivity contribution in [3.05, 3.63) is 12.2 Å². The lowest BCUT2D eigenvalue weighted by Crippen LogP contribution is -2.50. The number of rotatable bonds is 4. The average Bonchev–Trinajstić information content (AvgIpc) is 2.85. The van der Waals surface area contributed by atoms with Gasteiger partial charge in [0.1, 0.15) is 6.33 Å². The molecule has 1 saturated carbocycles. The summed E-state index contributed by atoms with van der Waals surface area (Å²) in [6, 6.07) is -0.219. The fraction of sp³-hybridized carbons (Fsp3) is 0.692. The van der Waals surface area contributed by atoms with Crippen molar-refractivity contribution in [2.45, 2.75) is 45.1 Å². The number of carbonyl (C=O) groups is 1. The molecule has 20 heavy (non-hydrogen) atoms. The molecule has 0 bridgehead atoms. The average molecular weight is 295 g/mol. The first-order chi connectivity index (χ1) is 9.47. The van der Waals surface area contributed by atoms with Gasteiger partial charge in [0.05, 0.1) is 16.4 Å². The van der Waals surface area contributed by atoms with E-state index < -0.39 is 5.41 Å². The molecule has 0 spiro atoms. The van der Waals surface area contributed by atoms with E-state index in [9.17, 15) is 4.79 Å². The zero-order valence-electron chi connectivity index (χ0n) is 11.9. The molecule has 0 aliphatic heterocycles. The highest BCUT2D eigenvalue weighted by Gasteiger charge is 2.42. The van der Waals surface area contributed by atoms with E-state index in [0.29, 0.717) is 10.8 Å². The number of nitrogens with zero attached hydrogens (tertiary/aromatic N) is 3. The van der Waals surface area contributed by atoms with Gasteiger partial charge in [0.25, 0.3) is 0 Å². The molecule has 110 valence electrons. The van der Waals surface area contributed by atoms with Gasteiger partial charge < -0.3 is 15.6 Å². The van der Waals surface area contributed by atoms with Crippen molar-refractivity contribution in [2.75, 3.05) is 0 Å². The Bertz CT molecular complexity index is 507. The first kappa shape index (κ1) is 14.9. The predicted molar refractivity (Wildman–Crippen MR) is 79.9 cm³/mol. The number of amides is 1. The zero-order chi connectivity index (χ0) is 14.8. The Morgan fingerprint density at radius 1 is 1.50 bits per heavy atom. The van der Waals surface area contributed by atoms with Crippen LogP contribution in [-0.4, -0.2) is 25.7 Å². The summed E-state index contributed by atoms with van der Waals surface area (Å²) in [5, 5.41) is 10.8. The number of nitrogens with one attached hydrogen (secondary N) is 1. The quantitative estimate of drug-likeness (QED) is 0.816. The fourth-order valence-corrected chi connectivity index (χ4v) is 3.12. The SMILES string of the molecule is CC(NC(=O)C1(C(N)=S)CCCCC1)c1nncn1C. The summed E-state index contributed by atoms with van der Waals surface area (Å²) in [4.78, 5) is 12.9. The van der Waals surface area contributed by atoms with Gasteiger partial charge in [-0.15, -0.1) is 10.2 Å². The Morgan fingerprint density at radius 2 is 2.15 bits per heavy atom. The minimum Gasteiger partial charge on any atom is -0.392 e.